The normalized spacial score (nSPS) is 13.1. The summed E-state index contributed by atoms with van der Waals surface area (Å²) in [6.45, 7) is 6.49. The van der Waals surface area contributed by atoms with Crippen molar-refractivity contribution in [3.8, 4) is 0 Å². The Bertz CT molecular complexity index is 523. The molecule has 1 unspecified atom stereocenters. The molecule has 0 bridgehead atoms. The van der Waals surface area contributed by atoms with E-state index in [2.05, 4.69) is 63.2 Å². The quantitative estimate of drug-likeness (QED) is 0.895. The number of rotatable bonds is 4. The summed E-state index contributed by atoms with van der Waals surface area (Å²) >= 11 is 0. The highest BCUT2D eigenvalue weighted by Gasteiger charge is 2.26. The summed E-state index contributed by atoms with van der Waals surface area (Å²) in [6, 6.07) is 15.1. The lowest BCUT2D eigenvalue weighted by Crippen LogP contribution is -2.39. The van der Waals surface area contributed by atoms with Gasteiger partial charge in [-0.05, 0) is 36.6 Å². The van der Waals surface area contributed by atoms with Crippen molar-refractivity contribution in [3.63, 3.8) is 0 Å². The van der Waals surface area contributed by atoms with Crippen LogP contribution in [0, 0.1) is 0 Å². The van der Waals surface area contributed by atoms with Gasteiger partial charge < -0.3 is 11.2 Å². The van der Waals surface area contributed by atoms with Gasteiger partial charge in [-0.1, -0.05) is 55.8 Å². The fourth-order valence-corrected chi connectivity index (χ4v) is 2.77. The van der Waals surface area contributed by atoms with Gasteiger partial charge in [-0.3, -0.25) is 0 Å². The highest BCUT2D eigenvalue weighted by molar-refractivity contribution is 5.86. The Balaban J connectivity index is 0.00000180. The third-order valence-corrected chi connectivity index (χ3v) is 3.67. The van der Waals surface area contributed by atoms with E-state index in [1.54, 1.807) is 0 Å². The van der Waals surface area contributed by atoms with Gasteiger partial charge in [-0.2, -0.15) is 0 Å². The van der Waals surface area contributed by atoms with Crippen LogP contribution in [0.4, 0.5) is 0 Å². The first-order chi connectivity index (χ1) is 8.54. The lowest BCUT2D eigenvalue weighted by molar-refractivity contribution is 0.389. The molecular formula is C17H25NO. The van der Waals surface area contributed by atoms with E-state index >= 15 is 0 Å². The van der Waals surface area contributed by atoms with Crippen LogP contribution in [0.15, 0.2) is 42.5 Å². The van der Waals surface area contributed by atoms with Crippen molar-refractivity contribution >= 4 is 10.8 Å². The van der Waals surface area contributed by atoms with E-state index in [0.717, 1.165) is 12.8 Å². The maximum Gasteiger partial charge on any atom is 0.0166 e. The maximum atomic E-state index is 6.39. The molecule has 0 spiro atoms. The molecule has 2 aromatic rings. The van der Waals surface area contributed by atoms with E-state index in [1.807, 2.05) is 0 Å². The van der Waals surface area contributed by atoms with Crippen molar-refractivity contribution < 1.29 is 5.48 Å². The predicted octanol–water partition coefficient (Wildman–Crippen LogP) is 3.64. The molecule has 104 valence electrons. The number of fused-ring (bicyclic) bond motifs is 1. The van der Waals surface area contributed by atoms with Crippen LogP contribution in [0.5, 0.6) is 0 Å². The van der Waals surface area contributed by atoms with E-state index < -0.39 is 0 Å². The molecule has 1 atom stereocenters. The lowest BCUT2D eigenvalue weighted by Gasteiger charge is -2.31. The standard InChI is InChI=1S/C17H23N.H2O/c1-4-8-16(17(2,3)18)15-12-7-10-13-9-5-6-11-14(13)15;/h5-7,9-12,16H,4,8,18H2,1-3H3;1H2. The highest BCUT2D eigenvalue weighted by Crippen LogP contribution is 2.35. The van der Waals surface area contributed by atoms with Crippen molar-refractivity contribution in [2.24, 2.45) is 5.73 Å². The van der Waals surface area contributed by atoms with Crippen LogP contribution < -0.4 is 5.73 Å². The van der Waals surface area contributed by atoms with Gasteiger partial charge in [-0.25, -0.2) is 0 Å². The zero-order chi connectivity index (χ0) is 13.2. The average molecular weight is 259 g/mol. The number of hydrogen-bond donors (Lipinski definition) is 1. The summed E-state index contributed by atoms with van der Waals surface area (Å²) < 4.78 is 0. The van der Waals surface area contributed by atoms with Crippen LogP contribution in [0.3, 0.4) is 0 Å². The average Bonchev–Trinajstić information content (AvgIpc) is 2.34. The molecule has 0 aromatic heterocycles. The molecule has 2 aromatic carbocycles. The third kappa shape index (κ3) is 3.34. The number of hydrogen-bond acceptors (Lipinski definition) is 1. The number of nitrogens with two attached hydrogens (primary N) is 1. The molecule has 0 aliphatic heterocycles. The van der Waals surface area contributed by atoms with Crippen molar-refractivity contribution in [1.29, 1.82) is 0 Å². The van der Waals surface area contributed by atoms with Crippen molar-refractivity contribution in [1.82, 2.24) is 0 Å². The Hall–Kier alpha value is -1.38. The Labute approximate surface area is 115 Å². The second kappa shape index (κ2) is 6.18. The summed E-state index contributed by atoms with van der Waals surface area (Å²) in [4.78, 5) is 0. The largest absolute Gasteiger partial charge is 0.412 e. The summed E-state index contributed by atoms with van der Waals surface area (Å²) in [6.07, 6.45) is 2.30. The Morgan fingerprint density at radius 1 is 1.05 bits per heavy atom. The Morgan fingerprint density at radius 3 is 2.32 bits per heavy atom. The van der Waals surface area contributed by atoms with E-state index in [4.69, 9.17) is 5.73 Å². The molecule has 2 rings (SSSR count). The van der Waals surface area contributed by atoms with Gasteiger partial charge in [0.15, 0.2) is 0 Å². The molecule has 19 heavy (non-hydrogen) atoms. The van der Waals surface area contributed by atoms with Gasteiger partial charge in [0.05, 0.1) is 0 Å². The Morgan fingerprint density at radius 2 is 1.68 bits per heavy atom. The topological polar surface area (TPSA) is 57.5 Å². The van der Waals surface area contributed by atoms with Crippen LogP contribution in [-0.2, 0) is 0 Å². The highest BCUT2D eigenvalue weighted by atomic mass is 16.0. The van der Waals surface area contributed by atoms with Gasteiger partial charge in [0.1, 0.15) is 0 Å². The SMILES string of the molecule is CCCC(c1cccc2ccccc12)C(C)(C)N.O. The third-order valence-electron chi connectivity index (χ3n) is 3.67. The van der Waals surface area contributed by atoms with E-state index in [9.17, 15) is 0 Å². The fourth-order valence-electron chi connectivity index (χ4n) is 2.77. The van der Waals surface area contributed by atoms with Crippen molar-refractivity contribution in [2.45, 2.75) is 45.1 Å². The van der Waals surface area contributed by atoms with E-state index in [1.165, 1.54) is 16.3 Å². The van der Waals surface area contributed by atoms with Crippen LogP contribution in [0.1, 0.15) is 45.1 Å². The molecule has 0 amide bonds. The molecule has 0 heterocycles. The summed E-state index contributed by atoms with van der Waals surface area (Å²) in [5, 5.41) is 2.65. The first-order valence-electron chi connectivity index (χ1n) is 6.80. The summed E-state index contributed by atoms with van der Waals surface area (Å²) in [5.74, 6) is 0.411. The zero-order valence-electron chi connectivity index (χ0n) is 12.1. The zero-order valence-corrected chi connectivity index (χ0v) is 12.1. The van der Waals surface area contributed by atoms with Crippen LogP contribution >= 0.6 is 0 Å². The molecule has 0 radical (unpaired) electrons. The maximum absolute atomic E-state index is 6.39. The molecule has 0 saturated heterocycles. The van der Waals surface area contributed by atoms with Gasteiger partial charge in [0.25, 0.3) is 0 Å². The minimum Gasteiger partial charge on any atom is -0.412 e. The minimum atomic E-state index is -0.180. The van der Waals surface area contributed by atoms with Crippen molar-refractivity contribution in [2.75, 3.05) is 0 Å². The van der Waals surface area contributed by atoms with Gasteiger partial charge >= 0.3 is 0 Å². The molecule has 2 heteroatoms. The van der Waals surface area contributed by atoms with Crippen molar-refractivity contribution in [3.05, 3.63) is 48.0 Å². The molecule has 0 fully saturated rings. The van der Waals surface area contributed by atoms with Gasteiger partial charge in [0.2, 0.25) is 0 Å². The first-order valence-corrected chi connectivity index (χ1v) is 6.80. The molecule has 0 saturated carbocycles. The molecule has 2 nitrogen and oxygen atoms in total. The smallest absolute Gasteiger partial charge is 0.0166 e. The second-order valence-electron chi connectivity index (χ2n) is 5.73. The molecule has 4 N–H and O–H groups in total. The van der Waals surface area contributed by atoms with E-state index in [-0.39, 0.29) is 11.0 Å². The fraction of sp³-hybridized carbons (Fsp3) is 0.412. The molecule has 0 aliphatic carbocycles. The van der Waals surface area contributed by atoms with E-state index in [0.29, 0.717) is 5.92 Å². The molecular weight excluding hydrogens is 234 g/mol. The number of benzene rings is 2. The molecule has 0 aliphatic rings. The van der Waals surface area contributed by atoms with Crippen LogP contribution in [0.2, 0.25) is 0 Å². The summed E-state index contributed by atoms with van der Waals surface area (Å²) in [5.41, 5.74) is 7.60. The second-order valence-corrected chi connectivity index (χ2v) is 5.73. The predicted molar refractivity (Wildman–Crippen MR) is 83.5 cm³/mol. The van der Waals surface area contributed by atoms with Gasteiger partial charge in [0, 0.05) is 11.5 Å². The lowest BCUT2D eigenvalue weighted by atomic mass is 9.78. The Kier molecular flexibility index (Phi) is 5.10. The first kappa shape index (κ1) is 15.7. The van der Waals surface area contributed by atoms with Crippen LogP contribution in [0.25, 0.3) is 10.8 Å². The monoisotopic (exact) mass is 259 g/mol. The van der Waals surface area contributed by atoms with Gasteiger partial charge in [-0.15, -0.1) is 0 Å². The minimum absolute atomic E-state index is 0. The van der Waals surface area contributed by atoms with Crippen LogP contribution in [-0.4, -0.2) is 11.0 Å². The summed E-state index contributed by atoms with van der Waals surface area (Å²) in [7, 11) is 0.